The molecule has 0 aromatic carbocycles. The third kappa shape index (κ3) is 4.59. The van der Waals surface area contributed by atoms with Crippen LogP contribution >= 0.6 is 0 Å². The van der Waals surface area contributed by atoms with Gasteiger partial charge in [-0.15, -0.1) is 6.58 Å². The molecule has 98 valence electrons. The SMILES string of the molecule is C=C(C)CCC(C)(C(=O)OCC)C(=O)OCC. The number of esters is 2. The Morgan fingerprint density at radius 2 is 1.53 bits per heavy atom. The summed E-state index contributed by atoms with van der Waals surface area (Å²) in [5.74, 6) is -1.06. The van der Waals surface area contributed by atoms with E-state index in [1.54, 1.807) is 20.8 Å². The Bertz CT molecular complexity index is 276. The van der Waals surface area contributed by atoms with Crippen LogP contribution in [0.1, 0.15) is 40.5 Å². The molecule has 0 unspecified atom stereocenters. The lowest BCUT2D eigenvalue weighted by atomic mass is 9.84. The number of hydrogen-bond acceptors (Lipinski definition) is 4. The molecule has 0 N–H and O–H groups in total. The number of rotatable bonds is 7. The zero-order valence-corrected chi connectivity index (χ0v) is 11.2. The average Bonchev–Trinajstić information content (AvgIpc) is 2.26. The van der Waals surface area contributed by atoms with Gasteiger partial charge in [0.05, 0.1) is 13.2 Å². The van der Waals surface area contributed by atoms with Crippen molar-refractivity contribution in [1.29, 1.82) is 0 Å². The summed E-state index contributed by atoms with van der Waals surface area (Å²) in [6, 6.07) is 0. The van der Waals surface area contributed by atoms with Crippen LogP contribution in [0.15, 0.2) is 12.2 Å². The number of ether oxygens (including phenoxy) is 2. The molecule has 17 heavy (non-hydrogen) atoms. The van der Waals surface area contributed by atoms with E-state index in [0.717, 1.165) is 5.57 Å². The van der Waals surface area contributed by atoms with Gasteiger partial charge in [0.25, 0.3) is 0 Å². The highest BCUT2D eigenvalue weighted by atomic mass is 16.6. The molecule has 4 nitrogen and oxygen atoms in total. The van der Waals surface area contributed by atoms with Crippen LogP contribution in [0.3, 0.4) is 0 Å². The van der Waals surface area contributed by atoms with E-state index in [0.29, 0.717) is 12.8 Å². The van der Waals surface area contributed by atoms with Crippen LogP contribution in [0.25, 0.3) is 0 Å². The molecule has 0 aromatic heterocycles. The lowest BCUT2D eigenvalue weighted by Crippen LogP contribution is -2.39. The van der Waals surface area contributed by atoms with Crippen molar-refractivity contribution in [2.75, 3.05) is 13.2 Å². The fourth-order valence-corrected chi connectivity index (χ4v) is 1.33. The third-order valence-electron chi connectivity index (χ3n) is 2.50. The molecule has 0 rings (SSSR count). The number of hydrogen-bond donors (Lipinski definition) is 0. The minimum Gasteiger partial charge on any atom is -0.465 e. The molecule has 0 amide bonds. The van der Waals surface area contributed by atoms with Gasteiger partial charge in [0.15, 0.2) is 5.41 Å². The van der Waals surface area contributed by atoms with E-state index in [2.05, 4.69) is 6.58 Å². The van der Waals surface area contributed by atoms with E-state index < -0.39 is 17.4 Å². The van der Waals surface area contributed by atoms with Crippen molar-refractivity contribution in [1.82, 2.24) is 0 Å². The predicted molar refractivity (Wildman–Crippen MR) is 65.4 cm³/mol. The Hall–Kier alpha value is -1.32. The first-order valence-corrected chi connectivity index (χ1v) is 5.87. The van der Waals surface area contributed by atoms with Gasteiger partial charge in [-0.25, -0.2) is 0 Å². The molecule has 4 heteroatoms. The maximum absolute atomic E-state index is 11.8. The molecule has 0 aromatic rings. The van der Waals surface area contributed by atoms with Crippen LogP contribution < -0.4 is 0 Å². The summed E-state index contributed by atoms with van der Waals surface area (Å²) in [4.78, 5) is 23.7. The second kappa shape index (κ2) is 7.09. The summed E-state index contributed by atoms with van der Waals surface area (Å²) in [7, 11) is 0. The Morgan fingerprint density at radius 3 is 1.82 bits per heavy atom. The van der Waals surface area contributed by atoms with Crippen LogP contribution in [0.5, 0.6) is 0 Å². The van der Waals surface area contributed by atoms with Gasteiger partial charge in [-0.1, -0.05) is 5.57 Å². The van der Waals surface area contributed by atoms with Crippen LogP contribution in [0.2, 0.25) is 0 Å². The summed E-state index contributed by atoms with van der Waals surface area (Å²) in [5.41, 5.74) is -0.310. The highest BCUT2D eigenvalue weighted by molar-refractivity contribution is 5.99. The quantitative estimate of drug-likeness (QED) is 0.391. The van der Waals surface area contributed by atoms with E-state index >= 15 is 0 Å². The van der Waals surface area contributed by atoms with Gasteiger partial charge in [0, 0.05) is 0 Å². The number of allylic oxidation sites excluding steroid dienone is 1. The smallest absolute Gasteiger partial charge is 0.323 e. The first-order chi connectivity index (χ1) is 7.88. The monoisotopic (exact) mass is 242 g/mol. The van der Waals surface area contributed by atoms with Gasteiger partial charge < -0.3 is 9.47 Å². The highest BCUT2D eigenvalue weighted by Crippen LogP contribution is 2.28. The van der Waals surface area contributed by atoms with Crippen molar-refractivity contribution in [2.45, 2.75) is 40.5 Å². The van der Waals surface area contributed by atoms with Crippen LogP contribution in [0.4, 0.5) is 0 Å². The van der Waals surface area contributed by atoms with Crippen molar-refractivity contribution >= 4 is 11.9 Å². The fourth-order valence-electron chi connectivity index (χ4n) is 1.33. The van der Waals surface area contributed by atoms with Crippen molar-refractivity contribution in [3.8, 4) is 0 Å². The van der Waals surface area contributed by atoms with Gasteiger partial charge in [0.2, 0.25) is 0 Å². The average molecular weight is 242 g/mol. The molecule has 0 radical (unpaired) electrons. The van der Waals surface area contributed by atoms with Crippen molar-refractivity contribution < 1.29 is 19.1 Å². The van der Waals surface area contributed by atoms with Gasteiger partial charge in [-0.3, -0.25) is 9.59 Å². The Kier molecular flexibility index (Phi) is 6.54. The first-order valence-electron chi connectivity index (χ1n) is 5.87. The van der Waals surface area contributed by atoms with Crippen molar-refractivity contribution in [2.24, 2.45) is 5.41 Å². The lowest BCUT2D eigenvalue weighted by molar-refractivity contribution is -0.171. The zero-order chi connectivity index (χ0) is 13.5. The van der Waals surface area contributed by atoms with E-state index in [1.165, 1.54) is 0 Å². The summed E-state index contributed by atoms with van der Waals surface area (Å²) < 4.78 is 9.87. The zero-order valence-electron chi connectivity index (χ0n) is 11.2. The van der Waals surface area contributed by atoms with Crippen LogP contribution in [-0.4, -0.2) is 25.2 Å². The van der Waals surface area contributed by atoms with Gasteiger partial charge in [0.1, 0.15) is 0 Å². The summed E-state index contributed by atoms with van der Waals surface area (Å²) in [6.07, 6.45) is 0.953. The molecular weight excluding hydrogens is 220 g/mol. The van der Waals surface area contributed by atoms with Gasteiger partial charge >= 0.3 is 11.9 Å². The molecule has 0 saturated carbocycles. The molecule has 0 aliphatic rings. The molecular formula is C13H22O4. The number of carbonyl (C=O) groups excluding carboxylic acids is 2. The molecule has 0 aliphatic heterocycles. The molecule has 0 heterocycles. The maximum atomic E-state index is 11.8. The number of carbonyl (C=O) groups is 2. The minimum atomic E-state index is -1.23. The van der Waals surface area contributed by atoms with Crippen LogP contribution in [0, 0.1) is 5.41 Å². The molecule has 0 bridgehead atoms. The molecule has 0 spiro atoms. The molecule has 0 aliphatic carbocycles. The third-order valence-corrected chi connectivity index (χ3v) is 2.50. The van der Waals surface area contributed by atoms with E-state index in [4.69, 9.17) is 9.47 Å². The highest BCUT2D eigenvalue weighted by Gasteiger charge is 2.43. The van der Waals surface area contributed by atoms with Gasteiger partial charge in [-0.05, 0) is 40.5 Å². The van der Waals surface area contributed by atoms with E-state index in [1.807, 2.05) is 6.92 Å². The summed E-state index contributed by atoms with van der Waals surface area (Å²) in [6.45, 7) is 11.1. The molecule has 0 fully saturated rings. The molecule has 0 saturated heterocycles. The first kappa shape index (κ1) is 15.7. The van der Waals surface area contributed by atoms with Crippen LogP contribution in [-0.2, 0) is 19.1 Å². The van der Waals surface area contributed by atoms with Crippen molar-refractivity contribution in [3.63, 3.8) is 0 Å². The van der Waals surface area contributed by atoms with E-state index in [-0.39, 0.29) is 13.2 Å². The van der Waals surface area contributed by atoms with E-state index in [9.17, 15) is 9.59 Å². The predicted octanol–water partition coefficient (Wildman–Crippen LogP) is 2.48. The largest absolute Gasteiger partial charge is 0.465 e. The summed E-state index contributed by atoms with van der Waals surface area (Å²) >= 11 is 0. The molecule has 0 atom stereocenters. The summed E-state index contributed by atoms with van der Waals surface area (Å²) in [5, 5.41) is 0. The Balaban J connectivity index is 4.85. The Morgan fingerprint density at radius 1 is 1.12 bits per heavy atom. The minimum absolute atomic E-state index is 0.251. The Labute approximate surface area is 103 Å². The second-order valence-corrected chi connectivity index (χ2v) is 4.23. The topological polar surface area (TPSA) is 52.6 Å². The standard InChI is InChI=1S/C13H22O4/c1-6-16-11(14)13(5,9-8-10(3)4)12(15)17-7-2/h3,6-9H2,1-2,4-5H3. The fraction of sp³-hybridized carbons (Fsp3) is 0.692. The normalized spacial score (nSPS) is 10.8. The second-order valence-electron chi connectivity index (χ2n) is 4.23. The lowest BCUT2D eigenvalue weighted by Gasteiger charge is -2.24. The maximum Gasteiger partial charge on any atom is 0.323 e. The van der Waals surface area contributed by atoms with Gasteiger partial charge in [-0.2, -0.15) is 0 Å². The van der Waals surface area contributed by atoms with Crippen molar-refractivity contribution in [3.05, 3.63) is 12.2 Å².